The molecule has 2 rings (SSSR count). The molecule has 0 heterocycles. The zero-order valence-electron chi connectivity index (χ0n) is 8.30. The van der Waals surface area contributed by atoms with Gasteiger partial charge in [-0.25, -0.2) is 0 Å². The van der Waals surface area contributed by atoms with Crippen molar-refractivity contribution >= 4 is 17.3 Å². The Morgan fingerprint density at radius 2 is 1.86 bits per heavy atom. The minimum absolute atomic E-state index is 0.595. The van der Waals surface area contributed by atoms with Crippen molar-refractivity contribution in [2.24, 2.45) is 0 Å². The molecule has 1 aromatic rings. The predicted molar refractivity (Wildman–Crippen MR) is 61.7 cm³/mol. The average Bonchev–Trinajstić information content (AvgIpc) is 2.19. The van der Waals surface area contributed by atoms with E-state index in [1.54, 1.807) is 0 Å². The Hall–Kier alpha value is -0.690. The second-order valence-electron chi connectivity index (χ2n) is 4.08. The van der Waals surface area contributed by atoms with Crippen LogP contribution in [0.3, 0.4) is 0 Å². The molecule has 0 aliphatic heterocycles. The fraction of sp³-hybridized carbons (Fsp3) is 0.500. The highest BCUT2D eigenvalue weighted by atomic mass is 35.5. The topological polar surface area (TPSA) is 26.0 Å². The van der Waals surface area contributed by atoms with E-state index >= 15 is 0 Å². The van der Waals surface area contributed by atoms with Crippen LogP contribution in [0.1, 0.15) is 43.6 Å². The summed E-state index contributed by atoms with van der Waals surface area (Å²) in [6, 6.07) is 5.82. The van der Waals surface area contributed by atoms with Crippen LogP contribution in [-0.4, -0.2) is 0 Å². The molecular formula is C12H16ClN. The molecule has 0 bridgehead atoms. The molecule has 76 valence electrons. The van der Waals surface area contributed by atoms with Crippen LogP contribution in [-0.2, 0) is 0 Å². The van der Waals surface area contributed by atoms with Gasteiger partial charge in [0.25, 0.3) is 0 Å². The smallest absolute Gasteiger partial charge is 0.0461 e. The highest BCUT2D eigenvalue weighted by Gasteiger charge is 2.19. The van der Waals surface area contributed by atoms with E-state index in [4.69, 9.17) is 17.3 Å². The quantitative estimate of drug-likeness (QED) is 0.696. The number of halogens is 1. The van der Waals surface area contributed by atoms with Crippen molar-refractivity contribution < 1.29 is 0 Å². The lowest BCUT2D eigenvalue weighted by Gasteiger charge is -2.24. The van der Waals surface area contributed by atoms with Crippen molar-refractivity contribution in [1.82, 2.24) is 0 Å². The van der Waals surface area contributed by atoms with Crippen LogP contribution in [0.15, 0.2) is 18.2 Å². The Kier molecular flexibility index (Phi) is 2.97. The van der Waals surface area contributed by atoms with Gasteiger partial charge in [-0.1, -0.05) is 36.9 Å². The summed E-state index contributed by atoms with van der Waals surface area (Å²) < 4.78 is 0. The van der Waals surface area contributed by atoms with E-state index in [0.29, 0.717) is 5.92 Å². The number of benzene rings is 1. The van der Waals surface area contributed by atoms with E-state index in [0.717, 1.165) is 10.7 Å². The van der Waals surface area contributed by atoms with Crippen molar-refractivity contribution in [3.63, 3.8) is 0 Å². The molecule has 1 aliphatic rings. The van der Waals surface area contributed by atoms with E-state index in [-0.39, 0.29) is 0 Å². The van der Waals surface area contributed by atoms with Crippen molar-refractivity contribution in [2.45, 2.75) is 38.0 Å². The molecule has 0 atom stereocenters. The van der Waals surface area contributed by atoms with Gasteiger partial charge in [-0.2, -0.15) is 0 Å². The molecule has 1 aromatic carbocycles. The van der Waals surface area contributed by atoms with Crippen molar-refractivity contribution in [2.75, 3.05) is 5.73 Å². The first-order valence-corrected chi connectivity index (χ1v) is 5.70. The van der Waals surface area contributed by atoms with Gasteiger partial charge >= 0.3 is 0 Å². The third kappa shape index (κ3) is 1.88. The Balaban J connectivity index is 2.29. The zero-order valence-corrected chi connectivity index (χ0v) is 9.06. The lowest BCUT2D eigenvalue weighted by molar-refractivity contribution is 0.444. The maximum Gasteiger partial charge on any atom is 0.0461 e. The third-order valence-corrected chi connectivity index (χ3v) is 3.43. The molecular weight excluding hydrogens is 194 g/mol. The molecule has 1 fully saturated rings. The fourth-order valence-electron chi connectivity index (χ4n) is 2.38. The molecule has 14 heavy (non-hydrogen) atoms. The fourth-order valence-corrected chi connectivity index (χ4v) is 2.71. The van der Waals surface area contributed by atoms with Gasteiger partial charge < -0.3 is 5.73 Å². The molecule has 1 aliphatic carbocycles. The van der Waals surface area contributed by atoms with E-state index in [2.05, 4.69) is 0 Å². The Morgan fingerprint density at radius 1 is 1.14 bits per heavy atom. The lowest BCUT2D eigenvalue weighted by atomic mass is 9.83. The Labute approximate surface area is 90.3 Å². The summed E-state index contributed by atoms with van der Waals surface area (Å²) >= 11 is 6.18. The molecule has 0 radical (unpaired) electrons. The maximum atomic E-state index is 6.18. The second kappa shape index (κ2) is 4.22. The number of nitrogen functional groups attached to an aromatic ring is 1. The van der Waals surface area contributed by atoms with Crippen LogP contribution >= 0.6 is 11.6 Å². The van der Waals surface area contributed by atoms with Gasteiger partial charge in [0.05, 0.1) is 0 Å². The Morgan fingerprint density at radius 3 is 2.50 bits per heavy atom. The molecule has 1 saturated carbocycles. The largest absolute Gasteiger partial charge is 0.398 e. The first-order valence-electron chi connectivity index (χ1n) is 5.33. The zero-order chi connectivity index (χ0) is 9.97. The second-order valence-corrected chi connectivity index (χ2v) is 4.48. The minimum Gasteiger partial charge on any atom is -0.398 e. The highest BCUT2D eigenvalue weighted by Crippen LogP contribution is 2.39. The Bertz CT molecular complexity index is 296. The first-order chi connectivity index (χ1) is 6.79. The molecule has 0 amide bonds. The summed E-state index contributed by atoms with van der Waals surface area (Å²) in [4.78, 5) is 0. The summed E-state index contributed by atoms with van der Waals surface area (Å²) in [5.41, 5.74) is 8.02. The van der Waals surface area contributed by atoms with Gasteiger partial charge in [0.1, 0.15) is 0 Å². The van der Waals surface area contributed by atoms with Crippen molar-refractivity contribution in [3.8, 4) is 0 Å². The normalized spacial score (nSPS) is 18.4. The summed E-state index contributed by atoms with van der Waals surface area (Å²) in [5.74, 6) is 0.595. The van der Waals surface area contributed by atoms with E-state index < -0.39 is 0 Å². The van der Waals surface area contributed by atoms with Crippen LogP contribution in [0, 0.1) is 0 Å². The first kappa shape index (κ1) is 9.85. The summed E-state index contributed by atoms with van der Waals surface area (Å²) in [7, 11) is 0. The molecule has 0 unspecified atom stereocenters. The van der Waals surface area contributed by atoms with E-state index in [1.165, 1.54) is 37.7 Å². The van der Waals surface area contributed by atoms with Crippen LogP contribution in [0.5, 0.6) is 0 Å². The number of hydrogen-bond donors (Lipinski definition) is 1. The van der Waals surface area contributed by atoms with Crippen molar-refractivity contribution in [1.29, 1.82) is 0 Å². The monoisotopic (exact) mass is 209 g/mol. The number of hydrogen-bond acceptors (Lipinski definition) is 1. The van der Waals surface area contributed by atoms with Gasteiger partial charge in [0.15, 0.2) is 0 Å². The van der Waals surface area contributed by atoms with Crippen LogP contribution in [0.4, 0.5) is 5.69 Å². The molecule has 0 aromatic heterocycles. The number of rotatable bonds is 1. The molecule has 0 saturated heterocycles. The summed E-state index contributed by atoms with van der Waals surface area (Å²) in [6.45, 7) is 0. The van der Waals surface area contributed by atoms with Crippen LogP contribution in [0.25, 0.3) is 0 Å². The predicted octanol–water partition coefficient (Wildman–Crippen LogP) is 3.97. The number of nitrogens with two attached hydrogens (primary N) is 1. The van der Waals surface area contributed by atoms with Gasteiger partial charge in [0.2, 0.25) is 0 Å². The minimum atomic E-state index is 0.595. The lowest BCUT2D eigenvalue weighted by Crippen LogP contribution is -2.07. The summed E-state index contributed by atoms with van der Waals surface area (Å²) in [5, 5.41) is 0.844. The average molecular weight is 210 g/mol. The highest BCUT2D eigenvalue weighted by molar-refractivity contribution is 6.31. The van der Waals surface area contributed by atoms with Crippen LogP contribution in [0.2, 0.25) is 5.02 Å². The SMILES string of the molecule is Nc1cccc(Cl)c1C1CCCCC1. The van der Waals surface area contributed by atoms with Crippen molar-refractivity contribution in [3.05, 3.63) is 28.8 Å². The van der Waals surface area contributed by atoms with E-state index in [9.17, 15) is 0 Å². The van der Waals surface area contributed by atoms with Gasteiger partial charge in [-0.15, -0.1) is 0 Å². The van der Waals surface area contributed by atoms with Gasteiger partial charge in [0, 0.05) is 10.7 Å². The third-order valence-electron chi connectivity index (χ3n) is 3.10. The molecule has 0 spiro atoms. The maximum absolute atomic E-state index is 6.18. The van der Waals surface area contributed by atoms with Gasteiger partial charge in [-0.05, 0) is 36.5 Å². The molecule has 1 nitrogen and oxygen atoms in total. The summed E-state index contributed by atoms with van der Waals surface area (Å²) in [6.07, 6.45) is 6.48. The van der Waals surface area contributed by atoms with Crippen LogP contribution < -0.4 is 5.73 Å². The molecule has 2 N–H and O–H groups in total. The van der Waals surface area contributed by atoms with Gasteiger partial charge in [-0.3, -0.25) is 0 Å². The standard InChI is InChI=1S/C12H16ClN/c13-10-7-4-8-11(14)12(10)9-5-2-1-3-6-9/h4,7-9H,1-3,5-6,14H2. The molecule has 2 heteroatoms. The van der Waals surface area contributed by atoms with E-state index in [1.807, 2.05) is 18.2 Å². The number of anilines is 1.